The van der Waals surface area contributed by atoms with Crippen LogP contribution in [-0.2, 0) is 14.3 Å². The number of carbonyl (C=O) groups is 3. The number of benzene rings is 2. The van der Waals surface area contributed by atoms with Crippen molar-refractivity contribution >= 4 is 40.9 Å². The highest BCUT2D eigenvalue weighted by molar-refractivity contribution is 6.33. The number of amides is 2. The first kappa shape index (κ1) is 21.2. The molecule has 0 unspecified atom stereocenters. The van der Waals surface area contributed by atoms with Crippen LogP contribution in [0.5, 0.6) is 0 Å². The summed E-state index contributed by atoms with van der Waals surface area (Å²) in [7, 11) is 0. The zero-order chi connectivity index (χ0) is 20.7. The molecule has 0 aliphatic rings. The smallest absolute Gasteiger partial charge is 0.412 e. The molecule has 0 aliphatic heterocycles. The highest BCUT2D eigenvalue weighted by atomic mass is 35.5. The number of nitrogens with one attached hydrogen (secondary N) is 2. The minimum absolute atomic E-state index is 0.236. The Morgan fingerprint density at radius 1 is 0.964 bits per heavy atom. The second kappa shape index (κ2) is 9.23. The number of hydrogen-bond acceptors (Lipinski definition) is 5. The molecule has 0 radical (unpaired) electrons. The molecule has 0 aromatic heterocycles. The van der Waals surface area contributed by atoms with Crippen LogP contribution in [0.25, 0.3) is 0 Å². The lowest BCUT2D eigenvalue weighted by Gasteiger charge is -2.19. The Kier molecular flexibility index (Phi) is 7.00. The number of esters is 1. The third-order valence-corrected chi connectivity index (χ3v) is 3.58. The Morgan fingerprint density at radius 3 is 2.21 bits per heavy atom. The number of anilines is 2. The van der Waals surface area contributed by atoms with Gasteiger partial charge in [0, 0.05) is 5.69 Å². The van der Waals surface area contributed by atoms with Crippen LogP contribution in [-0.4, -0.2) is 30.2 Å². The van der Waals surface area contributed by atoms with E-state index in [1.807, 2.05) is 0 Å². The molecule has 2 N–H and O–H groups in total. The monoisotopic (exact) mass is 404 g/mol. The second-order valence-corrected chi connectivity index (χ2v) is 7.22. The Bertz CT molecular complexity index is 860. The molecule has 0 fully saturated rings. The van der Waals surface area contributed by atoms with Crippen LogP contribution < -0.4 is 10.6 Å². The minimum Gasteiger partial charge on any atom is -0.452 e. The van der Waals surface area contributed by atoms with Gasteiger partial charge in [0.25, 0.3) is 5.91 Å². The van der Waals surface area contributed by atoms with Crippen molar-refractivity contribution in [3.8, 4) is 0 Å². The fourth-order valence-corrected chi connectivity index (χ4v) is 2.26. The molecule has 0 aliphatic carbocycles. The summed E-state index contributed by atoms with van der Waals surface area (Å²) in [6.07, 6.45) is -0.598. The van der Waals surface area contributed by atoms with Crippen LogP contribution in [0.2, 0.25) is 5.02 Å². The lowest BCUT2D eigenvalue weighted by atomic mass is 10.2. The first-order chi connectivity index (χ1) is 13.1. The fraction of sp³-hybridized carbons (Fsp3) is 0.250. The molecule has 0 saturated carbocycles. The molecule has 0 saturated heterocycles. The number of carbonyl (C=O) groups excluding carboxylic acids is 3. The van der Waals surface area contributed by atoms with Crippen LogP contribution in [0.4, 0.5) is 16.2 Å². The molecule has 2 amide bonds. The number of para-hydroxylation sites is 1. The normalized spacial score (nSPS) is 10.7. The second-order valence-electron chi connectivity index (χ2n) is 6.81. The molecule has 0 heterocycles. The predicted molar refractivity (Wildman–Crippen MR) is 107 cm³/mol. The van der Waals surface area contributed by atoms with Gasteiger partial charge in [0.2, 0.25) is 0 Å². The summed E-state index contributed by atoms with van der Waals surface area (Å²) >= 11 is 5.95. The van der Waals surface area contributed by atoms with Gasteiger partial charge in [-0.3, -0.25) is 10.1 Å². The molecule has 28 heavy (non-hydrogen) atoms. The standard InChI is InChI=1S/C20H21ClN2O5/c1-20(2,3)28-19(26)22-14-10-8-13(9-11-14)18(25)27-12-17(24)23-16-7-5-4-6-15(16)21/h4-11H,12H2,1-3H3,(H,22,26)(H,23,24). The molecular formula is C20H21ClN2O5. The Hall–Kier alpha value is -3.06. The number of hydrogen-bond donors (Lipinski definition) is 2. The van der Waals surface area contributed by atoms with Gasteiger partial charge >= 0.3 is 12.1 Å². The highest BCUT2D eigenvalue weighted by Gasteiger charge is 2.16. The molecule has 148 valence electrons. The molecule has 8 heteroatoms. The van der Waals surface area contributed by atoms with E-state index in [1.54, 1.807) is 45.0 Å². The largest absolute Gasteiger partial charge is 0.452 e. The van der Waals surface area contributed by atoms with E-state index in [0.29, 0.717) is 16.4 Å². The Labute approximate surface area is 168 Å². The zero-order valence-corrected chi connectivity index (χ0v) is 16.5. The molecule has 0 bridgehead atoms. The molecule has 2 aromatic rings. The summed E-state index contributed by atoms with van der Waals surface area (Å²) in [4.78, 5) is 35.7. The van der Waals surface area contributed by atoms with Crippen molar-refractivity contribution in [1.29, 1.82) is 0 Å². The summed E-state index contributed by atoms with van der Waals surface area (Å²) in [5, 5.41) is 5.50. The minimum atomic E-state index is -0.668. The van der Waals surface area contributed by atoms with Crippen LogP contribution in [0.3, 0.4) is 0 Å². The van der Waals surface area contributed by atoms with Crippen LogP contribution in [0.15, 0.2) is 48.5 Å². The first-order valence-corrected chi connectivity index (χ1v) is 8.83. The quantitative estimate of drug-likeness (QED) is 0.716. The SMILES string of the molecule is CC(C)(C)OC(=O)Nc1ccc(C(=O)OCC(=O)Nc2ccccc2Cl)cc1. The molecule has 0 atom stereocenters. The summed E-state index contributed by atoms with van der Waals surface area (Å²) in [5.41, 5.74) is 0.517. The van der Waals surface area contributed by atoms with Crippen molar-refractivity contribution in [2.45, 2.75) is 26.4 Å². The van der Waals surface area contributed by atoms with Crippen molar-refractivity contribution in [2.24, 2.45) is 0 Å². The maximum Gasteiger partial charge on any atom is 0.412 e. The van der Waals surface area contributed by atoms with Gasteiger partial charge in [-0.1, -0.05) is 23.7 Å². The van der Waals surface area contributed by atoms with Crippen LogP contribution in [0, 0.1) is 0 Å². The van der Waals surface area contributed by atoms with Gasteiger partial charge < -0.3 is 14.8 Å². The van der Waals surface area contributed by atoms with E-state index in [2.05, 4.69) is 10.6 Å². The first-order valence-electron chi connectivity index (χ1n) is 8.45. The average Bonchev–Trinajstić information content (AvgIpc) is 2.60. The summed E-state index contributed by atoms with van der Waals surface area (Å²) in [5.74, 6) is -1.18. The number of rotatable bonds is 5. The van der Waals surface area contributed by atoms with Gasteiger partial charge in [-0.05, 0) is 57.2 Å². The van der Waals surface area contributed by atoms with E-state index < -0.39 is 30.2 Å². The van der Waals surface area contributed by atoms with Crippen molar-refractivity contribution < 1.29 is 23.9 Å². The van der Waals surface area contributed by atoms with Crippen molar-refractivity contribution in [2.75, 3.05) is 17.2 Å². The van der Waals surface area contributed by atoms with Crippen LogP contribution >= 0.6 is 11.6 Å². The fourth-order valence-electron chi connectivity index (χ4n) is 2.07. The Morgan fingerprint density at radius 2 is 1.61 bits per heavy atom. The number of halogens is 1. The number of ether oxygens (including phenoxy) is 2. The maximum absolute atomic E-state index is 12.0. The van der Waals surface area contributed by atoms with Crippen molar-refractivity contribution in [3.63, 3.8) is 0 Å². The average molecular weight is 405 g/mol. The molecule has 7 nitrogen and oxygen atoms in total. The predicted octanol–water partition coefficient (Wildman–Crippen LogP) is 4.48. The van der Waals surface area contributed by atoms with Gasteiger partial charge in [0.05, 0.1) is 16.3 Å². The zero-order valence-electron chi connectivity index (χ0n) is 15.7. The van der Waals surface area contributed by atoms with Gasteiger partial charge in [0.15, 0.2) is 6.61 Å². The van der Waals surface area contributed by atoms with E-state index in [1.165, 1.54) is 24.3 Å². The topological polar surface area (TPSA) is 93.7 Å². The van der Waals surface area contributed by atoms with Gasteiger partial charge in [0.1, 0.15) is 5.60 Å². The van der Waals surface area contributed by atoms with Crippen molar-refractivity contribution in [1.82, 2.24) is 0 Å². The molecular weight excluding hydrogens is 384 g/mol. The summed E-state index contributed by atoms with van der Waals surface area (Å²) < 4.78 is 10.1. The van der Waals surface area contributed by atoms with E-state index >= 15 is 0 Å². The van der Waals surface area contributed by atoms with E-state index in [-0.39, 0.29) is 5.56 Å². The van der Waals surface area contributed by atoms with E-state index in [0.717, 1.165) is 0 Å². The van der Waals surface area contributed by atoms with Gasteiger partial charge in [-0.15, -0.1) is 0 Å². The third kappa shape index (κ3) is 6.92. The highest BCUT2D eigenvalue weighted by Crippen LogP contribution is 2.20. The lowest BCUT2D eigenvalue weighted by Crippen LogP contribution is -2.27. The molecule has 2 aromatic carbocycles. The lowest BCUT2D eigenvalue weighted by molar-refractivity contribution is -0.119. The maximum atomic E-state index is 12.0. The van der Waals surface area contributed by atoms with E-state index in [4.69, 9.17) is 21.1 Å². The Balaban J connectivity index is 1.85. The van der Waals surface area contributed by atoms with Crippen molar-refractivity contribution in [3.05, 3.63) is 59.1 Å². The van der Waals surface area contributed by atoms with Gasteiger partial charge in [-0.2, -0.15) is 0 Å². The molecule has 0 spiro atoms. The summed E-state index contributed by atoms with van der Waals surface area (Å²) in [6.45, 7) is 4.82. The van der Waals surface area contributed by atoms with E-state index in [9.17, 15) is 14.4 Å². The summed E-state index contributed by atoms with van der Waals surface area (Å²) in [6, 6.07) is 12.7. The third-order valence-electron chi connectivity index (χ3n) is 3.25. The van der Waals surface area contributed by atoms with Crippen LogP contribution in [0.1, 0.15) is 31.1 Å². The molecule has 2 rings (SSSR count). The van der Waals surface area contributed by atoms with Gasteiger partial charge in [-0.25, -0.2) is 9.59 Å².